The van der Waals surface area contributed by atoms with Crippen molar-refractivity contribution in [2.45, 2.75) is 60.3 Å². The number of carbonyl (C=O) groups is 1. The monoisotopic (exact) mass is 425 g/mol. The zero-order chi connectivity index (χ0) is 22.4. The Labute approximate surface area is 183 Å². The predicted octanol–water partition coefficient (Wildman–Crippen LogP) is 5.73. The molecule has 0 aliphatic carbocycles. The number of esters is 1. The van der Waals surface area contributed by atoms with E-state index < -0.39 is 0 Å². The summed E-state index contributed by atoms with van der Waals surface area (Å²) in [6, 6.07) is 7.68. The second-order valence-electron chi connectivity index (χ2n) is 7.68. The number of carbonyl (C=O) groups excluding carboxylic acids is 1. The van der Waals surface area contributed by atoms with E-state index in [1.165, 1.54) is 6.92 Å². The average Bonchev–Trinajstić information content (AvgIpc) is 3.13. The molecule has 31 heavy (non-hydrogen) atoms. The number of aryl methyl sites for hydroxylation is 4. The van der Waals surface area contributed by atoms with Gasteiger partial charge in [0, 0.05) is 24.3 Å². The van der Waals surface area contributed by atoms with E-state index in [1.807, 2.05) is 38.1 Å². The van der Waals surface area contributed by atoms with Crippen LogP contribution in [0.1, 0.15) is 56.0 Å². The molecule has 0 saturated carbocycles. The Morgan fingerprint density at radius 3 is 2.42 bits per heavy atom. The highest BCUT2D eigenvalue weighted by Gasteiger charge is 2.15. The molecule has 0 atom stereocenters. The molecule has 6 heteroatoms. The van der Waals surface area contributed by atoms with Crippen molar-refractivity contribution in [3.63, 3.8) is 0 Å². The van der Waals surface area contributed by atoms with Crippen LogP contribution >= 0.6 is 0 Å². The Kier molecular flexibility index (Phi) is 7.55. The van der Waals surface area contributed by atoms with Crippen molar-refractivity contribution in [3.8, 4) is 17.2 Å². The zero-order valence-corrected chi connectivity index (χ0v) is 19.0. The molecule has 6 nitrogen and oxygen atoms in total. The third-order valence-electron chi connectivity index (χ3n) is 5.10. The van der Waals surface area contributed by atoms with E-state index >= 15 is 0 Å². The molecular formula is C25H31NO5. The van der Waals surface area contributed by atoms with Crippen LogP contribution in [0, 0.1) is 13.8 Å². The first-order chi connectivity index (χ1) is 14.9. The smallest absolute Gasteiger partial charge is 0.308 e. The van der Waals surface area contributed by atoms with Crippen molar-refractivity contribution in [2.24, 2.45) is 0 Å². The highest BCUT2D eigenvalue weighted by molar-refractivity contribution is 5.84. The van der Waals surface area contributed by atoms with Crippen LogP contribution in [0.2, 0.25) is 0 Å². The molecule has 0 aliphatic heterocycles. The minimum Gasteiger partial charge on any atom is -0.493 e. The second-order valence-corrected chi connectivity index (χ2v) is 7.68. The molecular weight excluding hydrogens is 394 g/mol. The SMILES string of the molecule is CCCc1c(OCCCOc2c(C)cc(OC(C)=O)cc2C)ccc2c(CC)noc12. The van der Waals surface area contributed by atoms with E-state index in [4.69, 9.17) is 18.7 Å². The summed E-state index contributed by atoms with van der Waals surface area (Å²) in [5.74, 6) is 1.88. The number of hydrogen-bond donors (Lipinski definition) is 0. The van der Waals surface area contributed by atoms with E-state index in [2.05, 4.69) is 19.0 Å². The van der Waals surface area contributed by atoms with Crippen molar-refractivity contribution in [3.05, 3.63) is 46.6 Å². The van der Waals surface area contributed by atoms with Gasteiger partial charge in [0.15, 0.2) is 5.58 Å². The fraction of sp³-hybridized carbons (Fsp3) is 0.440. The molecule has 1 heterocycles. The van der Waals surface area contributed by atoms with Gasteiger partial charge in [-0.1, -0.05) is 25.4 Å². The van der Waals surface area contributed by atoms with Crippen LogP contribution in [0.25, 0.3) is 11.0 Å². The normalized spacial score (nSPS) is 11.0. The molecule has 0 fully saturated rings. The number of fused-ring (bicyclic) bond motifs is 1. The lowest BCUT2D eigenvalue weighted by Gasteiger charge is -2.15. The van der Waals surface area contributed by atoms with E-state index in [1.54, 1.807) is 0 Å². The van der Waals surface area contributed by atoms with Crippen LogP contribution < -0.4 is 14.2 Å². The first-order valence-electron chi connectivity index (χ1n) is 10.9. The summed E-state index contributed by atoms with van der Waals surface area (Å²) in [6.45, 7) is 10.6. The minimum absolute atomic E-state index is 0.332. The fourth-order valence-electron chi connectivity index (χ4n) is 3.75. The summed E-state index contributed by atoms with van der Waals surface area (Å²) in [6.07, 6.45) is 3.47. The van der Waals surface area contributed by atoms with Gasteiger partial charge in [0.1, 0.15) is 17.2 Å². The van der Waals surface area contributed by atoms with E-state index in [0.717, 1.165) is 70.5 Å². The molecule has 1 aromatic heterocycles. The largest absolute Gasteiger partial charge is 0.493 e. The van der Waals surface area contributed by atoms with Gasteiger partial charge in [0.25, 0.3) is 0 Å². The number of benzene rings is 2. The first kappa shape index (κ1) is 22.7. The van der Waals surface area contributed by atoms with E-state index in [9.17, 15) is 4.79 Å². The van der Waals surface area contributed by atoms with Gasteiger partial charge < -0.3 is 18.7 Å². The van der Waals surface area contributed by atoms with Gasteiger partial charge in [-0.25, -0.2) is 0 Å². The van der Waals surface area contributed by atoms with E-state index in [0.29, 0.717) is 19.0 Å². The third-order valence-corrected chi connectivity index (χ3v) is 5.10. The minimum atomic E-state index is -0.332. The number of nitrogens with zero attached hydrogens (tertiary/aromatic N) is 1. The maximum atomic E-state index is 11.2. The quantitative estimate of drug-likeness (QED) is 0.235. The van der Waals surface area contributed by atoms with Gasteiger partial charge in [-0.3, -0.25) is 4.79 Å². The Morgan fingerprint density at radius 1 is 1.06 bits per heavy atom. The summed E-state index contributed by atoms with van der Waals surface area (Å²) in [5.41, 5.74) is 4.78. The van der Waals surface area contributed by atoms with Crippen LogP contribution in [-0.2, 0) is 17.6 Å². The van der Waals surface area contributed by atoms with Crippen LogP contribution in [0.15, 0.2) is 28.8 Å². The molecule has 166 valence electrons. The molecule has 0 spiro atoms. The van der Waals surface area contributed by atoms with Crippen LogP contribution in [0.4, 0.5) is 0 Å². The molecule has 0 bridgehead atoms. The summed E-state index contributed by atoms with van der Waals surface area (Å²) in [5, 5.41) is 5.28. The summed E-state index contributed by atoms with van der Waals surface area (Å²) >= 11 is 0. The van der Waals surface area contributed by atoms with Crippen molar-refractivity contribution in [2.75, 3.05) is 13.2 Å². The Hall–Kier alpha value is -3.02. The number of hydrogen-bond acceptors (Lipinski definition) is 6. The third kappa shape index (κ3) is 5.37. The molecule has 3 rings (SSSR count). The predicted molar refractivity (Wildman–Crippen MR) is 120 cm³/mol. The summed E-state index contributed by atoms with van der Waals surface area (Å²) in [7, 11) is 0. The van der Waals surface area contributed by atoms with Gasteiger partial charge in [0.2, 0.25) is 0 Å². The van der Waals surface area contributed by atoms with Gasteiger partial charge >= 0.3 is 5.97 Å². The molecule has 0 saturated heterocycles. The lowest BCUT2D eigenvalue weighted by molar-refractivity contribution is -0.131. The molecule has 2 aromatic carbocycles. The van der Waals surface area contributed by atoms with Crippen molar-refractivity contribution in [1.82, 2.24) is 5.16 Å². The molecule has 0 unspecified atom stereocenters. The van der Waals surface area contributed by atoms with Crippen molar-refractivity contribution < 1.29 is 23.5 Å². The first-order valence-corrected chi connectivity index (χ1v) is 10.9. The van der Waals surface area contributed by atoms with Crippen molar-refractivity contribution in [1.29, 1.82) is 0 Å². The zero-order valence-electron chi connectivity index (χ0n) is 19.0. The summed E-state index contributed by atoms with van der Waals surface area (Å²) < 4.78 is 22.8. The van der Waals surface area contributed by atoms with Gasteiger partial charge in [-0.05, 0) is 62.1 Å². The standard InChI is InChI=1S/C25H31NO5/c1-6-9-21-23(11-10-20-22(7-2)26-31-25(20)21)28-12-8-13-29-24-16(3)14-19(15-17(24)4)30-18(5)27/h10-11,14-15H,6-9,12-13H2,1-5H3. The summed E-state index contributed by atoms with van der Waals surface area (Å²) in [4.78, 5) is 11.2. The van der Waals surface area contributed by atoms with Gasteiger partial charge in [-0.15, -0.1) is 0 Å². The molecule has 0 amide bonds. The Balaban J connectivity index is 1.59. The Bertz CT molecular complexity index is 1030. The highest BCUT2D eigenvalue weighted by Crippen LogP contribution is 2.32. The number of ether oxygens (including phenoxy) is 3. The average molecular weight is 426 g/mol. The lowest BCUT2D eigenvalue weighted by atomic mass is 10.0. The van der Waals surface area contributed by atoms with Gasteiger partial charge in [0.05, 0.1) is 18.9 Å². The lowest BCUT2D eigenvalue weighted by Crippen LogP contribution is -2.08. The maximum Gasteiger partial charge on any atom is 0.308 e. The molecule has 0 aliphatic rings. The van der Waals surface area contributed by atoms with Crippen molar-refractivity contribution >= 4 is 16.9 Å². The maximum absolute atomic E-state index is 11.2. The highest BCUT2D eigenvalue weighted by atomic mass is 16.5. The molecule has 3 aromatic rings. The fourth-order valence-corrected chi connectivity index (χ4v) is 3.75. The number of rotatable bonds is 10. The Morgan fingerprint density at radius 2 is 1.77 bits per heavy atom. The van der Waals surface area contributed by atoms with Gasteiger partial charge in [-0.2, -0.15) is 0 Å². The molecule has 0 radical (unpaired) electrons. The topological polar surface area (TPSA) is 70.8 Å². The van der Waals surface area contributed by atoms with Crippen LogP contribution in [0.3, 0.4) is 0 Å². The van der Waals surface area contributed by atoms with E-state index in [-0.39, 0.29) is 5.97 Å². The van der Waals surface area contributed by atoms with Crippen LogP contribution in [0.5, 0.6) is 17.2 Å². The van der Waals surface area contributed by atoms with Crippen LogP contribution in [-0.4, -0.2) is 24.3 Å². The number of aromatic nitrogens is 1. The second kappa shape index (κ2) is 10.3. The molecule has 0 N–H and O–H groups in total.